The van der Waals surface area contributed by atoms with E-state index in [-0.39, 0.29) is 5.88 Å². The van der Waals surface area contributed by atoms with Crippen LogP contribution in [0.2, 0.25) is 0 Å². The molecule has 6 nitrogen and oxygen atoms in total. The average Bonchev–Trinajstić information content (AvgIpc) is 2.74. The largest absolute Gasteiger partial charge is 0.494 e. The molecular formula is C14H16BrN3O3. The molecule has 1 aromatic heterocycles. The summed E-state index contributed by atoms with van der Waals surface area (Å²) in [6.07, 6.45) is 2.54. The van der Waals surface area contributed by atoms with Crippen molar-refractivity contribution in [1.29, 1.82) is 0 Å². The predicted octanol–water partition coefficient (Wildman–Crippen LogP) is 2.25. The van der Waals surface area contributed by atoms with E-state index < -0.39 is 12.0 Å². The number of aromatic amines is 1. The number of nitrogens with one attached hydrogen (secondary N) is 1. The molecule has 0 aliphatic heterocycles. The molecule has 0 saturated carbocycles. The maximum absolute atomic E-state index is 10.6. The maximum atomic E-state index is 10.6. The standard InChI is InChI=1S/C14H16BrN3O3/c15-8-3-4-12-9(6-8)10(13(19)18-12)7-17-5-1-2-11(16)14(20)21/h3-4,6-7,11,18-19H,1-2,5,16H2,(H,20,21)/t11-/m0/s1. The van der Waals surface area contributed by atoms with Gasteiger partial charge in [0.1, 0.15) is 6.04 Å². The van der Waals surface area contributed by atoms with Crippen molar-refractivity contribution in [3.05, 3.63) is 28.2 Å². The van der Waals surface area contributed by atoms with Gasteiger partial charge >= 0.3 is 5.97 Å². The van der Waals surface area contributed by atoms with Crippen molar-refractivity contribution in [2.45, 2.75) is 18.9 Å². The zero-order chi connectivity index (χ0) is 15.4. The molecule has 2 aromatic rings. The highest BCUT2D eigenvalue weighted by Crippen LogP contribution is 2.28. The highest BCUT2D eigenvalue weighted by Gasteiger charge is 2.10. The fourth-order valence-electron chi connectivity index (χ4n) is 1.98. The Balaban J connectivity index is 2.02. The van der Waals surface area contributed by atoms with Gasteiger partial charge in [0.2, 0.25) is 0 Å². The number of halogens is 1. The number of aliphatic carboxylic acids is 1. The number of benzene rings is 1. The van der Waals surface area contributed by atoms with E-state index in [1.165, 1.54) is 0 Å². The first-order valence-corrected chi connectivity index (χ1v) is 7.26. The minimum Gasteiger partial charge on any atom is -0.494 e. The van der Waals surface area contributed by atoms with Crippen LogP contribution >= 0.6 is 15.9 Å². The molecule has 0 saturated heterocycles. The van der Waals surface area contributed by atoms with Gasteiger partial charge in [0.05, 0.1) is 5.56 Å². The Hall–Kier alpha value is -1.86. The predicted molar refractivity (Wildman–Crippen MR) is 85.0 cm³/mol. The third-order valence-corrected chi connectivity index (χ3v) is 3.61. The number of H-pyrrole nitrogens is 1. The third kappa shape index (κ3) is 3.83. The van der Waals surface area contributed by atoms with Gasteiger partial charge in [-0.1, -0.05) is 15.9 Å². The van der Waals surface area contributed by atoms with Crippen LogP contribution in [0.1, 0.15) is 18.4 Å². The number of rotatable bonds is 6. The lowest BCUT2D eigenvalue weighted by atomic mass is 10.1. The number of hydrogen-bond acceptors (Lipinski definition) is 4. The Morgan fingerprint density at radius 3 is 3.00 bits per heavy atom. The maximum Gasteiger partial charge on any atom is 0.320 e. The molecule has 1 atom stereocenters. The fourth-order valence-corrected chi connectivity index (χ4v) is 2.34. The van der Waals surface area contributed by atoms with Gasteiger partial charge in [-0.25, -0.2) is 0 Å². The summed E-state index contributed by atoms with van der Waals surface area (Å²) in [5, 5.41) is 19.4. The number of carboxylic acids is 1. The summed E-state index contributed by atoms with van der Waals surface area (Å²) >= 11 is 3.39. The van der Waals surface area contributed by atoms with Crippen LogP contribution < -0.4 is 5.73 Å². The zero-order valence-electron chi connectivity index (χ0n) is 11.2. The number of carbonyl (C=O) groups is 1. The SMILES string of the molecule is N[C@@H](CCCN=Cc1c(O)[nH]c2ccc(Br)cc12)C(=O)O. The lowest BCUT2D eigenvalue weighted by molar-refractivity contribution is -0.138. The van der Waals surface area contributed by atoms with Crippen molar-refractivity contribution >= 4 is 39.0 Å². The minimum absolute atomic E-state index is 0.0640. The van der Waals surface area contributed by atoms with Gasteiger partial charge in [-0.05, 0) is 31.0 Å². The Labute approximate surface area is 129 Å². The first kappa shape index (κ1) is 15.5. The number of fused-ring (bicyclic) bond motifs is 1. The molecule has 0 radical (unpaired) electrons. The summed E-state index contributed by atoms with van der Waals surface area (Å²) in [5.74, 6) is -0.938. The molecule has 1 aromatic carbocycles. The number of nitrogens with zero attached hydrogens (tertiary/aromatic N) is 1. The van der Waals surface area contributed by atoms with E-state index in [1.54, 1.807) is 6.21 Å². The topological polar surface area (TPSA) is 112 Å². The Kier molecular flexibility index (Phi) is 4.98. The number of aromatic hydroxyl groups is 1. The Morgan fingerprint density at radius 1 is 1.52 bits per heavy atom. The molecule has 0 aliphatic carbocycles. The second-order valence-corrected chi connectivity index (χ2v) is 5.62. The van der Waals surface area contributed by atoms with E-state index in [0.717, 1.165) is 15.4 Å². The number of aliphatic imine (C=N–C) groups is 1. The van der Waals surface area contributed by atoms with Crippen LogP contribution in [0.25, 0.3) is 10.9 Å². The van der Waals surface area contributed by atoms with Crippen LogP contribution in [-0.2, 0) is 4.79 Å². The van der Waals surface area contributed by atoms with Crippen molar-refractivity contribution in [3.63, 3.8) is 0 Å². The van der Waals surface area contributed by atoms with Crippen molar-refractivity contribution in [2.75, 3.05) is 6.54 Å². The molecule has 21 heavy (non-hydrogen) atoms. The van der Waals surface area contributed by atoms with Gasteiger partial charge < -0.3 is 20.9 Å². The van der Waals surface area contributed by atoms with Crippen LogP contribution in [0.3, 0.4) is 0 Å². The molecule has 0 bridgehead atoms. The van der Waals surface area contributed by atoms with Crippen molar-refractivity contribution < 1.29 is 15.0 Å². The Morgan fingerprint density at radius 2 is 2.29 bits per heavy atom. The van der Waals surface area contributed by atoms with Crippen molar-refractivity contribution in [2.24, 2.45) is 10.7 Å². The van der Waals surface area contributed by atoms with E-state index in [4.69, 9.17) is 10.8 Å². The average molecular weight is 354 g/mol. The Bertz CT molecular complexity index is 681. The van der Waals surface area contributed by atoms with Crippen LogP contribution in [0, 0.1) is 0 Å². The fraction of sp³-hybridized carbons (Fsp3) is 0.286. The molecule has 0 aliphatic rings. The van der Waals surface area contributed by atoms with Gasteiger partial charge in [0.25, 0.3) is 0 Å². The summed E-state index contributed by atoms with van der Waals surface area (Å²) in [4.78, 5) is 17.7. The highest BCUT2D eigenvalue weighted by atomic mass is 79.9. The van der Waals surface area contributed by atoms with Gasteiger partial charge in [-0.2, -0.15) is 0 Å². The summed E-state index contributed by atoms with van der Waals surface area (Å²) in [5.41, 5.74) is 6.85. The summed E-state index contributed by atoms with van der Waals surface area (Å²) in [6, 6.07) is 4.79. The van der Waals surface area contributed by atoms with E-state index in [9.17, 15) is 9.90 Å². The molecule has 0 fully saturated rings. The lowest BCUT2D eigenvalue weighted by Crippen LogP contribution is -2.29. The number of nitrogens with two attached hydrogens (primary N) is 1. The van der Waals surface area contributed by atoms with Gasteiger partial charge in [-0.15, -0.1) is 0 Å². The van der Waals surface area contributed by atoms with E-state index in [1.807, 2.05) is 18.2 Å². The molecule has 2 rings (SSSR count). The molecule has 0 spiro atoms. The number of hydrogen-bond donors (Lipinski definition) is 4. The zero-order valence-corrected chi connectivity index (χ0v) is 12.8. The molecule has 0 amide bonds. The van der Waals surface area contributed by atoms with Gasteiger partial charge in [0.15, 0.2) is 5.88 Å². The van der Waals surface area contributed by atoms with Crippen molar-refractivity contribution in [1.82, 2.24) is 4.98 Å². The second kappa shape index (κ2) is 6.73. The van der Waals surface area contributed by atoms with Gasteiger partial charge in [0, 0.05) is 28.1 Å². The van der Waals surface area contributed by atoms with E-state index >= 15 is 0 Å². The first-order chi connectivity index (χ1) is 9.99. The summed E-state index contributed by atoms with van der Waals surface area (Å²) in [6.45, 7) is 0.459. The molecular weight excluding hydrogens is 338 g/mol. The second-order valence-electron chi connectivity index (χ2n) is 4.70. The molecule has 5 N–H and O–H groups in total. The van der Waals surface area contributed by atoms with Crippen molar-refractivity contribution in [3.8, 4) is 5.88 Å². The number of carboxylic acid groups (broad SMARTS) is 1. The van der Waals surface area contributed by atoms with E-state index in [2.05, 4.69) is 25.9 Å². The summed E-state index contributed by atoms with van der Waals surface area (Å²) in [7, 11) is 0. The van der Waals surface area contributed by atoms with E-state index in [0.29, 0.717) is 24.9 Å². The monoisotopic (exact) mass is 353 g/mol. The summed E-state index contributed by atoms with van der Waals surface area (Å²) < 4.78 is 0.913. The minimum atomic E-state index is -1.00. The molecule has 112 valence electrons. The highest BCUT2D eigenvalue weighted by molar-refractivity contribution is 9.10. The quantitative estimate of drug-likeness (QED) is 0.471. The smallest absolute Gasteiger partial charge is 0.320 e. The van der Waals surface area contributed by atoms with Crippen LogP contribution in [-0.4, -0.2) is 40.0 Å². The first-order valence-electron chi connectivity index (χ1n) is 6.47. The molecule has 1 heterocycles. The van der Waals surface area contributed by atoms with Crippen LogP contribution in [0.5, 0.6) is 5.88 Å². The van der Waals surface area contributed by atoms with Crippen LogP contribution in [0.15, 0.2) is 27.7 Å². The lowest BCUT2D eigenvalue weighted by Gasteiger charge is -2.03. The molecule has 0 unspecified atom stereocenters. The third-order valence-electron chi connectivity index (χ3n) is 3.12. The van der Waals surface area contributed by atoms with Crippen LogP contribution in [0.4, 0.5) is 0 Å². The molecule has 7 heteroatoms. The van der Waals surface area contributed by atoms with Gasteiger partial charge in [-0.3, -0.25) is 9.79 Å². The number of aromatic nitrogens is 1. The normalized spacial score (nSPS) is 13.0.